The van der Waals surface area contributed by atoms with Crippen molar-refractivity contribution >= 4 is 37.8 Å². The number of halogens is 3. The number of fused-ring (bicyclic) bond motifs is 1. The van der Waals surface area contributed by atoms with Gasteiger partial charge in [0.25, 0.3) is 5.91 Å². The Morgan fingerprint density at radius 3 is 2.59 bits per heavy atom. The maximum Gasteiger partial charge on any atom is 0.254 e. The number of nitrogens with zero attached hydrogens (tertiary/aromatic N) is 6. The molecule has 2 aliphatic heterocycles. The molecule has 1 atom stereocenters. The van der Waals surface area contributed by atoms with E-state index in [1.165, 1.54) is 4.90 Å². The first-order valence-electron chi connectivity index (χ1n) is 11.9. The second-order valence-electron chi connectivity index (χ2n) is 9.49. The van der Waals surface area contributed by atoms with Crippen molar-refractivity contribution in [3.8, 4) is 11.4 Å². The first-order valence-corrected chi connectivity index (χ1v) is 13.5. The number of aromatic nitrogens is 5. The lowest BCUT2D eigenvalue weighted by atomic mass is 9.92. The average Bonchev–Trinajstić information content (AvgIpc) is 3.47. The van der Waals surface area contributed by atoms with E-state index in [9.17, 15) is 4.79 Å². The van der Waals surface area contributed by atoms with Gasteiger partial charge in [-0.1, -0.05) is 21.1 Å². The molecule has 37 heavy (non-hydrogen) atoms. The summed E-state index contributed by atoms with van der Waals surface area (Å²) in [6.45, 7) is 4.32. The number of rotatable bonds is 4. The fraction of sp³-hybridized carbons (Fsp3) is 0.308. The van der Waals surface area contributed by atoms with Gasteiger partial charge in [-0.15, -0.1) is 5.10 Å². The molecule has 11 heteroatoms. The van der Waals surface area contributed by atoms with E-state index in [-0.39, 0.29) is 30.7 Å². The third-order valence-corrected chi connectivity index (χ3v) is 8.64. The number of amides is 1. The number of likely N-dealkylation sites (tertiary alicyclic amines) is 1. The minimum absolute atomic E-state index is 0.0629. The zero-order valence-electron chi connectivity index (χ0n) is 20.2. The van der Waals surface area contributed by atoms with Crippen LogP contribution in [0.5, 0.6) is 5.75 Å². The van der Waals surface area contributed by atoms with Crippen LogP contribution in [0.2, 0.25) is 0 Å². The van der Waals surface area contributed by atoms with Crippen molar-refractivity contribution in [2.45, 2.75) is 32.0 Å². The number of hydrogen-bond acceptors (Lipinski definition) is 5. The summed E-state index contributed by atoms with van der Waals surface area (Å²) in [4.78, 5) is 14.5. The second-order valence-corrected chi connectivity index (χ2v) is 11.2. The molecule has 1 fully saturated rings. The molecule has 0 aliphatic carbocycles. The van der Waals surface area contributed by atoms with Gasteiger partial charge in [0.15, 0.2) is 5.67 Å². The Kier molecular flexibility index (Phi) is 5.95. The van der Waals surface area contributed by atoms with Gasteiger partial charge in [0.1, 0.15) is 11.4 Å². The van der Waals surface area contributed by atoms with Gasteiger partial charge < -0.3 is 9.64 Å². The normalized spacial score (nSPS) is 18.2. The molecule has 0 spiro atoms. The van der Waals surface area contributed by atoms with E-state index in [0.29, 0.717) is 18.6 Å². The molecule has 0 N–H and O–H groups in total. The summed E-state index contributed by atoms with van der Waals surface area (Å²) in [5.74, 6) is 0.577. The first-order chi connectivity index (χ1) is 17.7. The fourth-order valence-electron chi connectivity index (χ4n) is 4.92. The van der Waals surface area contributed by atoms with Crippen molar-refractivity contribution in [1.29, 1.82) is 0 Å². The zero-order valence-corrected chi connectivity index (χ0v) is 23.3. The summed E-state index contributed by atoms with van der Waals surface area (Å²) in [5.41, 5.74) is 2.71. The summed E-state index contributed by atoms with van der Waals surface area (Å²) in [6, 6.07) is 12.9. The topological polar surface area (TPSA) is 78.1 Å². The van der Waals surface area contributed by atoms with Crippen LogP contribution in [0.1, 0.15) is 45.5 Å². The molecule has 2 aromatic heterocycles. The molecule has 1 amide bonds. The highest BCUT2D eigenvalue weighted by Crippen LogP contribution is 2.39. The summed E-state index contributed by atoms with van der Waals surface area (Å²) >= 11 is 7.04. The Morgan fingerprint density at radius 1 is 1.14 bits per heavy atom. The van der Waals surface area contributed by atoms with Crippen molar-refractivity contribution in [2.75, 3.05) is 19.7 Å². The van der Waals surface area contributed by atoms with Crippen molar-refractivity contribution in [1.82, 2.24) is 29.7 Å². The van der Waals surface area contributed by atoms with Crippen LogP contribution < -0.4 is 4.74 Å². The van der Waals surface area contributed by atoms with Crippen LogP contribution in [-0.2, 0) is 5.67 Å². The highest BCUT2D eigenvalue weighted by atomic mass is 79.9. The van der Waals surface area contributed by atoms with Crippen LogP contribution in [0.3, 0.4) is 0 Å². The zero-order chi connectivity index (χ0) is 25.9. The van der Waals surface area contributed by atoms with Crippen molar-refractivity contribution in [2.24, 2.45) is 0 Å². The van der Waals surface area contributed by atoms with Crippen molar-refractivity contribution < 1.29 is 13.9 Å². The Balaban J connectivity index is 1.15. The molecule has 0 saturated carbocycles. The van der Waals surface area contributed by atoms with E-state index >= 15 is 4.39 Å². The Labute approximate surface area is 229 Å². The molecule has 4 aromatic rings. The number of carbonyl (C=O) groups is 1. The lowest BCUT2D eigenvalue weighted by Gasteiger charge is -2.43. The highest BCUT2D eigenvalue weighted by Gasteiger charge is 2.49. The third kappa shape index (κ3) is 4.17. The average molecular weight is 630 g/mol. The van der Waals surface area contributed by atoms with Gasteiger partial charge in [0, 0.05) is 22.0 Å². The maximum absolute atomic E-state index is 15.7. The van der Waals surface area contributed by atoms with Crippen LogP contribution in [0, 0.1) is 13.8 Å². The van der Waals surface area contributed by atoms with Crippen molar-refractivity contribution in [3.63, 3.8) is 0 Å². The minimum atomic E-state index is -1.73. The number of carbonyl (C=O) groups excluding carboxylic acids is 1. The quantitative estimate of drug-likeness (QED) is 0.306. The smallest absolute Gasteiger partial charge is 0.254 e. The van der Waals surface area contributed by atoms with E-state index in [0.717, 1.165) is 37.3 Å². The predicted octanol–water partition coefficient (Wildman–Crippen LogP) is 5.30. The molecule has 0 bridgehead atoms. The number of ether oxygens (including phenoxy) is 1. The van der Waals surface area contributed by atoms with Crippen LogP contribution in [0.15, 0.2) is 57.6 Å². The second kappa shape index (κ2) is 9.05. The molecule has 6 rings (SSSR count). The summed E-state index contributed by atoms with van der Waals surface area (Å²) in [7, 11) is 0. The van der Waals surface area contributed by atoms with Crippen LogP contribution in [0.25, 0.3) is 5.69 Å². The Hall–Kier alpha value is -3.05. The van der Waals surface area contributed by atoms with E-state index in [1.54, 1.807) is 23.0 Å². The molecule has 2 aromatic carbocycles. The predicted molar refractivity (Wildman–Crippen MR) is 142 cm³/mol. The van der Waals surface area contributed by atoms with Crippen LogP contribution in [0.4, 0.5) is 4.39 Å². The molecule has 8 nitrogen and oxygen atoms in total. The van der Waals surface area contributed by atoms with Gasteiger partial charge in [0.2, 0.25) is 0 Å². The lowest BCUT2D eigenvalue weighted by Crippen LogP contribution is -2.59. The number of alkyl halides is 1. The summed E-state index contributed by atoms with van der Waals surface area (Å²) < 4.78 is 26.9. The van der Waals surface area contributed by atoms with Gasteiger partial charge in [-0.25, -0.2) is 13.8 Å². The number of benzene rings is 2. The summed E-state index contributed by atoms with van der Waals surface area (Å²) in [5, 5.41) is 12.9. The molecule has 190 valence electrons. The van der Waals surface area contributed by atoms with Gasteiger partial charge in [0.05, 0.1) is 53.5 Å². The van der Waals surface area contributed by atoms with E-state index in [2.05, 4.69) is 47.3 Å². The third-order valence-electron chi connectivity index (χ3n) is 7.00. The lowest BCUT2D eigenvalue weighted by molar-refractivity contribution is -0.0258. The molecule has 0 radical (unpaired) electrons. The molecule has 4 heterocycles. The van der Waals surface area contributed by atoms with Crippen molar-refractivity contribution in [3.05, 3.63) is 85.8 Å². The molecular weight excluding hydrogens is 607 g/mol. The number of aryl methyl sites for hydroxylation is 1. The van der Waals surface area contributed by atoms with Gasteiger partial charge in [-0.3, -0.25) is 4.79 Å². The van der Waals surface area contributed by atoms with E-state index < -0.39 is 5.67 Å². The standard InChI is InChI=1S/C26H23Br2FN6O2/c1-15-24(28)16(2)35(31-15)19-6-3-17(4-7-19)25(36)33-13-26(29,14-33)23-12-34(32-30-23)21-9-10-37-22-8-5-18(27)11-20(21)22/h3-8,11-12,21H,9-10,13-14H2,1-2H3/t21-/m1/s1. The van der Waals surface area contributed by atoms with Gasteiger partial charge in [-0.2, -0.15) is 5.10 Å². The molecule has 1 saturated heterocycles. The van der Waals surface area contributed by atoms with E-state index in [4.69, 9.17) is 4.74 Å². The van der Waals surface area contributed by atoms with Crippen LogP contribution >= 0.6 is 31.9 Å². The molecular formula is C26H23Br2FN6O2. The molecule has 2 aliphatic rings. The summed E-state index contributed by atoms with van der Waals surface area (Å²) in [6.07, 6.45) is 2.37. The SMILES string of the molecule is Cc1nn(-c2ccc(C(=O)N3CC(F)(c4cn([C@@H]5CCOc6ccc(Br)cc65)nn4)C3)cc2)c(C)c1Br. The number of hydrogen-bond donors (Lipinski definition) is 0. The van der Waals surface area contributed by atoms with Gasteiger partial charge in [-0.05, 0) is 72.2 Å². The molecule has 0 unspecified atom stereocenters. The fourth-order valence-corrected chi connectivity index (χ4v) is 5.55. The van der Waals surface area contributed by atoms with Crippen LogP contribution in [-0.4, -0.2) is 55.3 Å². The monoisotopic (exact) mass is 628 g/mol. The minimum Gasteiger partial charge on any atom is -0.493 e. The largest absolute Gasteiger partial charge is 0.493 e. The maximum atomic E-state index is 15.7. The Bertz CT molecular complexity index is 1510. The van der Waals surface area contributed by atoms with Gasteiger partial charge >= 0.3 is 0 Å². The Morgan fingerprint density at radius 2 is 1.89 bits per heavy atom. The van der Waals surface area contributed by atoms with E-state index in [1.807, 2.05) is 48.9 Å². The first kappa shape index (κ1) is 24.3. The highest BCUT2D eigenvalue weighted by molar-refractivity contribution is 9.10.